The number of likely N-dealkylation sites (tertiary alicyclic amines) is 1. The normalized spacial score (nSPS) is 21.9. The molecule has 1 aromatic heterocycles. The molecule has 0 radical (unpaired) electrons. The molecule has 2 saturated heterocycles. The van der Waals surface area contributed by atoms with Crippen molar-refractivity contribution in [1.29, 1.82) is 0 Å². The molecule has 0 saturated carbocycles. The number of guanidine groups is 1. The van der Waals surface area contributed by atoms with E-state index in [2.05, 4.69) is 39.4 Å². The van der Waals surface area contributed by atoms with Crippen molar-refractivity contribution < 1.29 is 4.74 Å². The van der Waals surface area contributed by atoms with Crippen molar-refractivity contribution in [2.45, 2.75) is 45.6 Å². The average Bonchev–Trinajstić information content (AvgIpc) is 3.25. The second kappa shape index (κ2) is 11.5. The molecule has 3 heterocycles. The van der Waals surface area contributed by atoms with E-state index in [0.717, 1.165) is 48.8 Å². The molecule has 0 spiro atoms. The van der Waals surface area contributed by atoms with Crippen molar-refractivity contribution in [3.05, 3.63) is 15.6 Å². The van der Waals surface area contributed by atoms with Gasteiger partial charge in [-0.2, -0.15) is 0 Å². The van der Waals surface area contributed by atoms with Crippen LogP contribution >= 0.6 is 35.3 Å². The molecule has 2 N–H and O–H groups in total. The number of ether oxygens (including phenoxy) is 1. The summed E-state index contributed by atoms with van der Waals surface area (Å²) >= 11 is 1.80. The molecule has 0 aromatic carbocycles. The van der Waals surface area contributed by atoms with E-state index in [4.69, 9.17) is 4.74 Å². The number of piperidine rings is 1. The van der Waals surface area contributed by atoms with Crippen LogP contribution in [-0.4, -0.2) is 68.3 Å². The highest BCUT2D eigenvalue weighted by Crippen LogP contribution is 2.18. The van der Waals surface area contributed by atoms with Gasteiger partial charge in [0, 0.05) is 57.2 Å². The predicted octanol–water partition coefficient (Wildman–Crippen LogP) is 2.59. The van der Waals surface area contributed by atoms with E-state index in [-0.39, 0.29) is 24.0 Å². The lowest BCUT2D eigenvalue weighted by Crippen LogP contribution is -2.49. The first-order chi connectivity index (χ1) is 12.6. The van der Waals surface area contributed by atoms with Crippen molar-refractivity contribution in [1.82, 2.24) is 20.5 Å². The molecule has 2 aliphatic heterocycles. The maximum atomic E-state index is 5.50. The number of nitrogens with zero attached hydrogens (tertiary/aromatic N) is 3. The molecule has 8 heteroatoms. The summed E-state index contributed by atoms with van der Waals surface area (Å²) < 4.78 is 5.50. The molecular formula is C19H34IN5OS. The molecule has 0 amide bonds. The van der Waals surface area contributed by atoms with E-state index in [1.54, 1.807) is 11.3 Å². The largest absolute Gasteiger partial charge is 0.381 e. The molecule has 6 nitrogen and oxygen atoms in total. The van der Waals surface area contributed by atoms with Crippen molar-refractivity contribution in [3.8, 4) is 0 Å². The molecule has 1 aromatic rings. The second-order valence-electron chi connectivity index (χ2n) is 7.44. The summed E-state index contributed by atoms with van der Waals surface area (Å²) in [5, 5.41) is 8.21. The van der Waals surface area contributed by atoms with Gasteiger partial charge in [-0.1, -0.05) is 0 Å². The molecular weight excluding hydrogens is 473 g/mol. The summed E-state index contributed by atoms with van der Waals surface area (Å²) in [7, 11) is 1.85. The standard InChI is InChI=1S/C19H33N5OS.HI/c1-14-18(26-15(2)22-14)4-8-21-19(20-3)23-17-5-9-24(10-6-17)12-16-7-11-25-13-16;/h16-17H,4-13H2,1-3H3,(H2,20,21,23);1H. The van der Waals surface area contributed by atoms with Gasteiger partial charge in [0.2, 0.25) is 0 Å². The summed E-state index contributed by atoms with van der Waals surface area (Å²) in [6, 6.07) is 0.518. The second-order valence-corrected chi connectivity index (χ2v) is 8.73. The number of aryl methyl sites for hydroxylation is 2. The highest BCUT2D eigenvalue weighted by molar-refractivity contribution is 14.0. The van der Waals surface area contributed by atoms with Crippen LogP contribution in [0.2, 0.25) is 0 Å². The van der Waals surface area contributed by atoms with Crippen molar-refractivity contribution in [2.75, 3.05) is 46.4 Å². The Labute approximate surface area is 184 Å². The average molecular weight is 507 g/mol. The van der Waals surface area contributed by atoms with Crippen LogP contribution in [0.1, 0.15) is 34.8 Å². The maximum absolute atomic E-state index is 5.50. The molecule has 0 bridgehead atoms. The Bertz CT molecular complexity index is 595. The smallest absolute Gasteiger partial charge is 0.191 e. The van der Waals surface area contributed by atoms with Crippen LogP contribution in [0.25, 0.3) is 0 Å². The van der Waals surface area contributed by atoms with E-state index >= 15 is 0 Å². The molecule has 0 aliphatic carbocycles. The van der Waals surface area contributed by atoms with Crippen LogP contribution < -0.4 is 10.6 Å². The summed E-state index contributed by atoms with van der Waals surface area (Å²) in [5.41, 5.74) is 1.16. The third kappa shape index (κ3) is 7.14. The van der Waals surface area contributed by atoms with Gasteiger partial charge in [-0.05, 0) is 39.0 Å². The number of thiazole rings is 1. The van der Waals surface area contributed by atoms with Gasteiger partial charge in [-0.3, -0.25) is 4.99 Å². The fourth-order valence-corrected chi connectivity index (χ4v) is 4.78. The first kappa shape index (κ1) is 22.8. The van der Waals surface area contributed by atoms with E-state index in [0.29, 0.717) is 6.04 Å². The van der Waals surface area contributed by atoms with Gasteiger partial charge in [0.15, 0.2) is 5.96 Å². The Morgan fingerprint density at radius 1 is 1.30 bits per heavy atom. The first-order valence-electron chi connectivity index (χ1n) is 9.84. The highest BCUT2D eigenvalue weighted by Gasteiger charge is 2.24. The maximum Gasteiger partial charge on any atom is 0.191 e. The molecule has 2 aliphatic rings. The molecule has 1 unspecified atom stereocenters. The van der Waals surface area contributed by atoms with E-state index in [1.165, 1.54) is 43.8 Å². The number of halogens is 1. The Morgan fingerprint density at radius 2 is 2.07 bits per heavy atom. The summed E-state index contributed by atoms with van der Waals surface area (Å²) in [5.74, 6) is 1.67. The van der Waals surface area contributed by atoms with Crippen molar-refractivity contribution in [2.24, 2.45) is 10.9 Å². The van der Waals surface area contributed by atoms with Gasteiger partial charge in [-0.25, -0.2) is 4.98 Å². The zero-order chi connectivity index (χ0) is 18.4. The zero-order valence-electron chi connectivity index (χ0n) is 16.8. The van der Waals surface area contributed by atoms with E-state index < -0.39 is 0 Å². The van der Waals surface area contributed by atoms with Gasteiger partial charge < -0.3 is 20.3 Å². The number of rotatable bonds is 6. The fraction of sp³-hybridized carbons (Fsp3) is 0.789. The minimum Gasteiger partial charge on any atom is -0.381 e. The summed E-state index contributed by atoms with van der Waals surface area (Å²) in [4.78, 5) is 12.9. The Kier molecular flexibility index (Phi) is 9.75. The molecule has 27 heavy (non-hydrogen) atoms. The van der Waals surface area contributed by atoms with Gasteiger partial charge in [-0.15, -0.1) is 35.3 Å². The number of hydrogen-bond acceptors (Lipinski definition) is 5. The zero-order valence-corrected chi connectivity index (χ0v) is 19.9. The number of hydrogen-bond donors (Lipinski definition) is 2. The lowest BCUT2D eigenvalue weighted by molar-refractivity contribution is 0.150. The topological polar surface area (TPSA) is 61.8 Å². The quantitative estimate of drug-likeness (QED) is 0.352. The third-order valence-electron chi connectivity index (χ3n) is 5.34. The molecule has 154 valence electrons. The SMILES string of the molecule is CN=C(NCCc1sc(C)nc1C)NC1CCN(CC2CCOC2)CC1.I. The van der Waals surface area contributed by atoms with Crippen LogP contribution in [0, 0.1) is 19.8 Å². The van der Waals surface area contributed by atoms with Gasteiger partial charge in [0.1, 0.15) is 0 Å². The van der Waals surface area contributed by atoms with Crippen LogP contribution in [0.5, 0.6) is 0 Å². The number of aliphatic imine (C=N–C) groups is 1. The summed E-state index contributed by atoms with van der Waals surface area (Å²) in [6.07, 6.45) is 4.59. The Hall–Kier alpha value is -0.450. The van der Waals surface area contributed by atoms with E-state index in [9.17, 15) is 0 Å². The van der Waals surface area contributed by atoms with Crippen LogP contribution in [0.3, 0.4) is 0 Å². The minimum atomic E-state index is 0. The van der Waals surface area contributed by atoms with Crippen LogP contribution in [0.15, 0.2) is 4.99 Å². The molecule has 1 atom stereocenters. The predicted molar refractivity (Wildman–Crippen MR) is 124 cm³/mol. The molecule has 3 rings (SSSR count). The number of nitrogens with one attached hydrogen (secondary N) is 2. The lowest BCUT2D eigenvalue weighted by atomic mass is 10.0. The highest BCUT2D eigenvalue weighted by atomic mass is 127. The van der Waals surface area contributed by atoms with Gasteiger partial charge >= 0.3 is 0 Å². The van der Waals surface area contributed by atoms with Gasteiger partial charge in [0.25, 0.3) is 0 Å². The van der Waals surface area contributed by atoms with Crippen molar-refractivity contribution >= 4 is 41.3 Å². The fourth-order valence-electron chi connectivity index (χ4n) is 3.84. The lowest BCUT2D eigenvalue weighted by Gasteiger charge is -2.34. The first-order valence-corrected chi connectivity index (χ1v) is 10.7. The number of aromatic nitrogens is 1. The Morgan fingerprint density at radius 3 is 2.67 bits per heavy atom. The minimum absolute atomic E-state index is 0. The van der Waals surface area contributed by atoms with Crippen LogP contribution in [-0.2, 0) is 11.2 Å². The summed E-state index contributed by atoms with van der Waals surface area (Å²) in [6.45, 7) is 10.5. The van der Waals surface area contributed by atoms with Crippen LogP contribution in [0.4, 0.5) is 0 Å². The Balaban J connectivity index is 0.00000261. The van der Waals surface area contributed by atoms with Gasteiger partial charge in [0.05, 0.1) is 17.3 Å². The monoisotopic (exact) mass is 507 g/mol. The third-order valence-corrected chi connectivity index (χ3v) is 6.47. The van der Waals surface area contributed by atoms with E-state index in [1.807, 2.05) is 7.05 Å². The van der Waals surface area contributed by atoms with Crippen molar-refractivity contribution in [3.63, 3.8) is 0 Å². The molecule has 2 fully saturated rings.